The van der Waals surface area contributed by atoms with E-state index in [1.165, 1.54) is 11.1 Å². The second-order valence-electron chi connectivity index (χ2n) is 12.8. The van der Waals surface area contributed by atoms with Crippen LogP contribution in [0.25, 0.3) is 95.5 Å². The largest absolute Gasteiger partial charge is 0.456 e. The molecule has 240 valence electrons. The fourth-order valence-corrected chi connectivity index (χ4v) is 6.96. The minimum absolute atomic E-state index is 0.611. The molecule has 3 heterocycles. The van der Waals surface area contributed by atoms with Crippen molar-refractivity contribution in [2.75, 3.05) is 0 Å². The van der Waals surface area contributed by atoms with Crippen molar-refractivity contribution in [3.63, 3.8) is 0 Å². The molecule has 0 radical (unpaired) electrons. The van der Waals surface area contributed by atoms with Gasteiger partial charge in [-0.15, -0.1) is 0 Å². The smallest absolute Gasteiger partial charge is 0.164 e. The average molecular weight is 656 g/mol. The third-order valence-electron chi connectivity index (χ3n) is 9.58. The zero-order valence-corrected chi connectivity index (χ0v) is 27.5. The predicted octanol–water partition coefficient (Wildman–Crippen LogP) is 11.0. The summed E-state index contributed by atoms with van der Waals surface area (Å²) in [5.41, 5.74) is 12.6. The van der Waals surface area contributed by atoms with Gasteiger partial charge in [-0.2, -0.15) is 0 Å². The summed E-state index contributed by atoms with van der Waals surface area (Å²) in [6.07, 6.45) is 6.25. The maximum absolute atomic E-state index is 6.18. The zero-order valence-electron chi connectivity index (χ0n) is 27.5. The van der Waals surface area contributed by atoms with Gasteiger partial charge in [0.1, 0.15) is 11.3 Å². The van der Waals surface area contributed by atoms with E-state index in [2.05, 4.69) is 97.1 Å². The van der Waals surface area contributed by atoms with Gasteiger partial charge < -0.3 is 4.42 Å². The zero-order chi connectivity index (χ0) is 33.7. The molecule has 0 atom stereocenters. The van der Waals surface area contributed by atoms with Crippen LogP contribution in [0.4, 0.5) is 0 Å². The molecule has 1 aliphatic rings. The minimum Gasteiger partial charge on any atom is -0.456 e. The summed E-state index contributed by atoms with van der Waals surface area (Å²) in [6, 6.07) is 47.5. The third-order valence-corrected chi connectivity index (χ3v) is 9.58. The lowest BCUT2D eigenvalue weighted by Crippen LogP contribution is -2.00. The van der Waals surface area contributed by atoms with Crippen molar-refractivity contribution in [1.29, 1.82) is 0 Å². The fraction of sp³-hybridized carbons (Fsp3) is 0.0444. The number of nitrogens with zero attached hydrogens (tertiary/aromatic N) is 5. The molecule has 10 rings (SSSR count). The molecular weight excluding hydrogens is 627 g/mol. The molecule has 0 fully saturated rings. The summed E-state index contributed by atoms with van der Waals surface area (Å²) < 4.78 is 6.18. The first kappa shape index (κ1) is 29.2. The molecule has 0 unspecified atom stereocenters. The van der Waals surface area contributed by atoms with E-state index in [0.717, 1.165) is 85.0 Å². The molecule has 3 aromatic heterocycles. The predicted molar refractivity (Wildman–Crippen MR) is 205 cm³/mol. The maximum atomic E-state index is 6.18. The van der Waals surface area contributed by atoms with Crippen molar-refractivity contribution < 1.29 is 4.42 Å². The monoisotopic (exact) mass is 655 g/mol. The van der Waals surface area contributed by atoms with Crippen LogP contribution in [0.15, 0.2) is 150 Å². The number of furan rings is 1. The second-order valence-corrected chi connectivity index (χ2v) is 12.8. The number of aromatic nitrogens is 5. The van der Waals surface area contributed by atoms with Gasteiger partial charge in [-0.05, 0) is 65.4 Å². The van der Waals surface area contributed by atoms with Gasteiger partial charge >= 0.3 is 0 Å². The van der Waals surface area contributed by atoms with E-state index in [-0.39, 0.29) is 0 Å². The quantitative estimate of drug-likeness (QED) is 0.172. The van der Waals surface area contributed by atoms with Gasteiger partial charge in [0, 0.05) is 33.7 Å². The number of benzene rings is 6. The van der Waals surface area contributed by atoms with Gasteiger partial charge in [0.05, 0.1) is 22.1 Å². The van der Waals surface area contributed by atoms with E-state index in [0.29, 0.717) is 17.5 Å². The Balaban J connectivity index is 1.04. The van der Waals surface area contributed by atoms with E-state index in [4.69, 9.17) is 29.3 Å². The van der Waals surface area contributed by atoms with Crippen LogP contribution in [0.2, 0.25) is 0 Å². The molecule has 0 saturated heterocycles. The molecule has 0 bridgehead atoms. The van der Waals surface area contributed by atoms with E-state index >= 15 is 0 Å². The van der Waals surface area contributed by atoms with Gasteiger partial charge in [-0.3, -0.25) is 0 Å². The fourth-order valence-electron chi connectivity index (χ4n) is 6.96. The Kier molecular flexibility index (Phi) is 6.84. The Morgan fingerprint density at radius 1 is 0.412 bits per heavy atom. The molecule has 51 heavy (non-hydrogen) atoms. The van der Waals surface area contributed by atoms with Crippen LogP contribution in [-0.4, -0.2) is 24.9 Å². The molecule has 6 nitrogen and oxygen atoms in total. The summed E-state index contributed by atoms with van der Waals surface area (Å²) in [5, 5.41) is 1.13. The number of allylic oxidation sites excluding steroid dienone is 1. The van der Waals surface area contributed by atoms with Crippen molar-refractivity contribution in [2.45, 2.75) is 12.8 Å². The van der Waals surface area contributed by atoms with E-state index in [1.807, 2.05) is 54.6 Å². The lowest BCUT2D eigenvalue weighted by atomic mass is 10.0. The molecular formula is C45H29N5O. The molecule has 1 aliphatic carbocycles. The topological polar surface area (TPSA) is 77.6 Å². The van der Waals surface area contributed by atoms with Gasteiger partial charge in [0.25, 0.3) is 0 Å². The number of aryl methyl sites for hydroxylation is 1. The highest BCUT2D eigenvalue weighted by molar-refractivity contribution is 5.98. The summed E-state index contributed by atoms with van der Waals surface area (Å²) in [5.74, 6) is 2.81. The van der Waals surface area contributed by atoms with E-state index in [9.17, 15) is 0 Å². The van der Waals surface area contributed by atoms with Crippen LogP contribution < -0.4 is 0 Å². The van der Waals surface area contributed by atoms with E-state index < -0.39 is 0 Å². The Bertz CT molecular complexity index is 2790. The molecule has 6 heteroatoms. The summed E-state index contributed by atoms with van der Waals surface area (Å²) in [6.45, 7) is 0. The highest BCUT2D eigenvalue weighted by atomic mass is 16.3. The normalized spacial score (nSPS) is 12.5. The van der Waals surface area contributed by atoms with Crippen molar-refractivity contribution in [2.24, 2.45) is 0 Å². The van der Waals surface area contributed by atoms with Crippen molar-refractivity contribution in [3.05, 3.63) is 157 Å². The molecule has 0 N–H and O–H groups in total. The van der Waals surface area contributed by atoms with Crippen molar-refractivity contribution in [3.8, 4) is 56.4 Å². The SMILES string of the molecule is C1=Cc2oc3cc4nc5cc(-c6cccc(-c7nc(-c8ccccc8)nc(-c8ccc(-c9ccccc9)cc8)n7)c6)ccc5nc4cc3c2CC1. The Hall–Kier alpha value is -6.79. The van der Waals surface area contributed by atoms with E-state index in [1.54, 1.807) is 0 Å². The number of hydrogen-bond acceptors (Lipinski definition) is 6. The second kappa shape index (κ2) is 12.0. The first-order chi connectivity index (χ1) is 25.2. The first-order valence-electron chi connectivity index (χ1n) is 17.1. The highest BCUT2D eigenvalue weighted by Gasteiger charge is 2.17. The summed E-state index contributed by atoms with van der Waals surface area (Å²) in [4.78, 5) is 25.0. The minimum atomic E-state index is 0.611. The van der Waals surface area contributed by atoms with Crippen LogP contribution in [0.5, 0.6) is 0 Å². The van der Waals surface area contributed by atoms with Crippen LogP contribution in [0.3, 0.4) is 0 Å². The Morgan fingerprint density at radius 2 is 0.961 bits per heavy atom. The molecule has 0 spiro atoms. The van der Waals surface area contributed by atoms with Crippen LogP contribution in [-0.2, 0) is 6.42 Å². The average Bonchev–Trinajstić information content (AvgIpc) is 3.56. The lowest BCUT2D eigenvalue weighted by Gasteiger charge is -2.10. The van der Waals surface area contributed by atoms with Gasteiger partial charge in [0.15, 0.2) is 17.5 Å². The number of fused-ring (bicyclic) bond motifs is 5. The molecule has 0 aliphatic heterocycles. The summed E-state index contributed by atoms with van der Waals surface area (Å²) in [7, 11) is 0. The van der Waals surface area contributed by atoms with Gasteiger partial charge in [-0.1, -0.05) is 115 Å². The van der Waals surface area contributed by atoms with Crippen molar-refractivity contribution in [1.82, 2.24) is 24.9 Å². The number of rotatable bonds is 5. The standard InChI is InChI=1S/C45H29N5O/c1-3-10-28(11-4-1)29-18-20-31(21-19-29)44-48-43(30-12-5-2-6-13-30)49-45(50-44)34-15-9-14-32(24-34)33-22-23-37-38(25-33)47-40-27-42-36(26-39(40)46-37)35-16-7-8-17-41(35)51-42/h1-6,8-15,17-27H,7,16H2. The highest BCUT2D eigenvalue weighted by Crippen LogP contribution is 2.35. The Labute approximate surface area is 293 Å². The lowest BCUT2D eigenvalue weighted by molar-refractivity contribution is 0.596. The van der Waals surface area contributed by atoms with Crippen LogP contribution in [0.1, 0.15) is 17.7 Å². The molecule has 9 aromatic rings. The van der Waals surface area contributed by atoms with Crippen LogP contribution >= 0.6 is 0 Å². The number of hydrogen-bond donors (Lipinski definition) is 0. The third kappa shape index (κ3) is 5.34. The van der Waals surface area contributed by atoms with Gasteiger partial charge in [0.2, 0.25) is 0 Å². The molecule has 6 aromatic carbocycles. The summed E-state index contributed by atoms with van der Waals surface area (Å²) >= 11 is 0. The first-order valence-corrected chi connectivity index (χ1v) is 17.1. The van der Waals surface area contributed by atoms with Crippen LogP contribution in [0, 0.1) is 0 Å². The van der Waals surface area contributed by atoms with Crippen molar-refractivity contribution >= 4 is 39.1 Å². The molecule has 0 amide bonds. The molecule has 0 saturated carbocycles. The maximum Gasteiger partial charge on any atom is 0.164 e. The Morgan fingerprint density at radius 3 is 1.75 bits per heavy atom. The van der Waals surface area contributed by atoms with Gasteiger partial charge in [-0.25, -0.2) is 24.9 Å².